The second-order valence-corrected chi connectivity index (χ2v) is 4.06. The topological polar surface area (TPSA) is 53.4 Å². The van der Waals surface area contributed by atoms with Crippen LogP contribution < -0.4 is 0 Å². The van der Waals surface area contributed by atoms with E-state index in [1.165, 1.54) is 0 Å². The van der Waals surface area contributed by atoms with Crippen LogP contribution in [-0.2, 0) is 0 Å². The van der Waals surface area contributed by atoms with Gasteiger partial charge in [0.2, 0.25) is 0 Å². The van der Waals surface area contributed by atoms with Gasteiger partial charge >= 0.3 is 0 Å². The average Bonchev–Trinajstić information content (AvgIpc) is 2.36. The summed E-state index contributed by atoms with van der Waals surface area (Å²) in [5.41, 5.74) is 1.73. The van der Waals surface area contributed by atoms with Gasteiger partial charge in [0.25, 0.3) is 0 Å². The van der Waals surface area contributed by atoms with Gasteiger partial charge in [-0.05, 0) is 23.8 Å². The van der Waals surface area contributed by atoms with Crippen LogP contribution in [0.2, 0.25) is 0 Å². The maximum Gasteiger partial charge on any atom is 0.0837 e. The fourth-order valence-corrected chi connectivity index (χ4v) is 1.71. The van der Waals surface area contributed by atoms with Gasteiger partial charge in [-0.2, -0.15) is 0 Å². The Hall–Kier alpha value is -1.45. The van der Waals surface area contributed by atoms with Crippen LogP contribution in [-0.4, -0.2) is 21.8 Å². The molecule has 1 aromatic heterocycles. The molecule has 0 spiro atoms. The Morgan fingerprint density at radius 1 is 1.31 bits per heavy atom. The van der Waals surface area contributed by atoms with Crippen LogP contribution in [0.25, 0.3) is 10.9 Å². The minimum atomic E-state index is -0.630. The molecule has 3 heteroatoms. The lowest BCUT2D eigenvalue weighted by Crippen LogP contribution is -2.12. The Morgan fingerprint density at radius 3 is 2.88 bits per heavy atom. The molecule has 0 fully saturated rings. The lowest BCUT2D eigenvalue weighted by molar-refractivity contribution is 0.0771. The number of hydrogen-bond acceptors (Lipinski definition) is 3. The van der Waals surface area contributed by atoms with Crippen LogP contribution in [0.5, 0.6) is 0 Å². The second kappa shape index (κ2) is 4.60. The molecule has 1 heterocycles. The van der Waals surface area contributed by atoms with E-state index in [2.05, 4.69) is 4.98 Å². The maximum absolute atomic E-state index is 9.97. The molecule has 0 aliphatic rings. The molecule has 0 saturated heterocycles. The Morgan fingerprint density at radius 2 is 2.12 bits per heavy atom. The van der Waals surface area contributed by atoms with E-state index < -0.39 is 6.10 Å². The monoisotopic (exact) mass is 217 g/mol. The number of hydrogen-bond donors (Lipinski definition) is 2. The summed E-state index contributed by atoms with van der Waals surface area (Å²) in [7, 11) is 0. The van der Waals surface area contributed by atoms with E-state index in [0.29, 0.717) is 0 Å². The lowest BCUT2D eigenvalue weighted by atomic mass is 9.97. The first-order valence-electron chi connectivity index (χ1n) is 5.36. The molecule has 3 nitrogen and oxygen atoms in total. The smallest absolute Gasteiger partial charge is 0.0837 e. The summed E-state index contributed by atoms with van der Waals surface area (Å²) in [6.45, 7) is 1.80. The molecule has 0 saturated carbocycles. The van der Waals surface area contributed by atoms with Crippen molar-refractivity contribution in [2.75, 3.05) is 6.61 Å². The third-order valence-corrected chi connectivity index (χ3v) is 2.80. The highest BCUT2D eigenvalue weighted by atomic mass is 16.3. The Balaban J connectivity index is 2.39. The van der Waals surface area contributed by atoms with E-state index in [0.717, 1.165) is 16.5 Å². The van der Waals surface area contributed by atoms with Gasteiger partial charge in [-0.3, -0.25) is 4.98 Å². The SMILES string of the molecule is C[C@H](CO)C(O)c1ccc2ncccc2c1. The summed E-state index contributed by atoms with van der Waals surface area (Å²) in [6.07, 6.45) is 1.11. The van der Waals surface area contributed by atoms with E-state index in [9.17, 15) is 5.11 Å². The first-order chi connectivity index (χ1) is 7.72. The minimum Gasteiger partial charge on any atom is -0.396 e. The Labute approximate surface area is 94.4 Å². The molecule has 0 bridgehead atoms. The van der Waals surface area contributed by atoms with E-state index in [1.54, 1.807) is 6.20 Å². The van der Waals surface area contributed by atoms with Crippen molar-refractivity contribution < 1.29 is 10.2 Å². The second-order valence-electron chi connectivity index (χ2n) is 4.06. The first-order valence-corrected chi connectivity index (χ1v) is 5.36. The zero-order valence-corrected chi connectivity index (χ0v) is 9.17. The molecular weight excluding hydrogens is 202 g/mol. The van der Waals surface area contributed by atoms with Gasteiger partial charge in [0.15, 0.2) is 0 Å². The number of aliphatic hydroxyl groups is 2. The summed E-state index contributed by atoms with van der Waals surface area (Å²) in [5.74, 6) is -0.158. The van der Waals surface area contributed by atoms with Crippen molar-refractivity contribution in [2.24, 2.45) is 5.92 Å². The molecule has 2 N–H and O–H groups in total. The van der Waals surface area contributed by atoms with Crippen LogP contribution in [0.15, 0.2) is 36.5 Å². The summed E-state index contributed by atoms with van der Waals surface area (Å²) in [6, 6.07) is 9.49. The number of aliphatic hydroxyl groups excluding tert-OH is 2. The number of fused-ring (bicyclic) bond motifs is 1. The van der Waals surface area contributed by atoms with Gasteiger partial charge in [-0.1, -0.05) is 19.1 Å². The highest BCUT2D eigenvalue weighted by Crippen LogP contribution is 2.24. The molecule has 16 heavy (non-hydrogen) atoms. The van der Waals surface area contributed by atoms with Crippen molar-refractivity contribution in [3.05, 3.63) is 42.1 Å². The van der Waals surface area contributed by atoms with Crippen molar-refractivity contribution in [2.45, 2.75) is 13.0 Å². The third kappa shape index (κ3) is 2.05. The number of aromatic nitrogens is 1. The normalized spacial score (nSPS) is 14.9. The fourth-order valence-electron chi connectivity index (χ4n) is 1.71. The van der Waals surface area contributed by atoms with E-state index in [1.807, 2.05) is 37.3 Å². The summed E-state index contributed by atoms with van der Waals surface area (Å²) in [5, 5.41) is 20.0. The standard InChI is InChI=1S/C13H15NO2/c1-9(8-15)13(16)11-4-5-12-10(7-11)3-2-6-14-12/h2-7,9,13,15-16H,8H2,1H3/t9-,13?/m1/s1. The molecule has 2 rings (SSSR count). The van der Waals surface area contributed by atoms with E-state index in [-0.39, 0.29) is 12.5 Å². The molecule has 84 valence electrons. The first kappa shape index (κ1) is 11.0. The van der Waals surface area contributed by atoms with Gasteiger partial charge < -0.3 is 10.2 Å². The average molecular weight is 217 g/mol. The van der Waals surface area contributed by atoms with Crippen LogP contribution in [0.3, 0.4) is 0 Å². The van der Waals surface area contributed by atoms with Gasteiger partial charge in [0.1, 0.15) is 0 Å². The van der Waals surface area contributed by atoms with E-state index in [4.69, 9.17) is 5.11 Å². The van der Waals surface area contributed by atoms with Crippen LogP contribution in [0.4, 0.5) is 0 Å². The van der Waals surface area contributed by atoms with Gasteiger partial charge in [0.05, 0.1) is 11.6 Å². The van der Waals surface area contributed by atoms with Crippen LogP contribution >= 0.6 is 0 Å². The molecular formula is C13H15NO2. The van der Waals surface area contributed by atoms with Crippen LogP contribution in [0, 0.1) is 5.92 Å². The van der Waals surface area contributed by atoms with Crippen molar-refractivity contribution >= 4 is 10.9 Å². The minimum absolute atomic E-state index is 0.0216. The number of pyridine rings is 1. The largest absolute Gasteiger partial charge is 0.396 e. The number of nitrogens with zero attached hydrogens (tertiary/aromatic N) is 1. The summed E-state index contributed by atoms with van der Waals surface area (Å²) >= 11 is 0. The van der Waals surface area contributed by atoms with E-state index >= 15 is 0 Å². The predicted molar refractivity (Wildman–Crippen MR) is 63.0 cm³/mol. The maximum atomic E-state index is 9.97. The van der Waals surface area contributed by atoms with Crippen molar-refractivity contribution in [3.63, 3.8) is 0 Å². The zero-order valence-electron chi connectivity index (χ0n) is 9.17. The molecule has 0 radical (unpaired) electrons. The van der Waals surface area contributed by atoms with Crippen LogP contribution in [0.1, 0.15) is 18.6 Å². The third-order valence-electron chi connectivity index (χ3n) is 2.80. The molecule has 1 aromatic carbocycles. The molecule has 0 aliphatic heterocycles. The predicted octanol–water partition coefficient (Wildman–Crippen LogP) is 1.90. The fraction of sp³-hybridized carbons (Fsp3) is 0.308. The van der Waals surface area contributed by atoms with Crippen molar-refractivity contribution in [3.8, 4) is 0 Å². The van der Waals surface area contributed by atoms with Crippen molar-refractivity contribution in [1.29, 1.82) is 0 Å². The molecule has 1 unspecified atom stereocenters. The zero-order chi connectivity index (χ0) is 11.5. The summed E-state index contributed by atoms with van der Waals surface area (Å²) in [4.78, 5) is 4.22. The Bertz CT molecular complexity index is 484. The molecule has 0 aliphatic carbocycles. The molecule has 2 aromatic rings. The molecule has 2 atom stereocenters. The quantitative estimate of drug-likeness (QED) is 0.825. The Kier molecular flexibility index (Phi) is 3.17. The van der Waals surface area contributed by atoms with Gasteiger partial charge in [-0.25, -0.2) is 0 Å². The molecule has 0 amide bonds. The number of rotatable bonds is 3. The lowest BCUT2D eigenvalue weighted by Gasteiger charge is -2.17. The summed E-state index contributed by atoms with van der Waals surface area (Å²) < 4.78 is 0. The van der Waals surface area contributed by atoms with Gasteiger partial charge in [0, 0.05) is 24.1 Å². The van der Waals surface area contributed by atoms with Gasteiger partial charge in [-0.15, -0.1) is 0 Å². The highest BCUT2D eigenvalue weighted by Gasteiger charge is 2.15. The highest BCUT2D eigenvalue weighted by molar-refractivity contribution is 5.79. The van der Waals surface area contributed by atoms with Crippen molar-refractivity contribution in [1.82, 2.24) is 4.98 Å². The number of benzene rings is 1.